The molecule has 158 valence electrons. The molecule has 3 N–H and O–H groups in total. The number of hydrogen-bond acceptors (Lipinski definition) is 6. The van der Waals surface area contributed by atoms with Crippen LogP contribution >= 0.6 is 11.8 Å². The van der Waals surface area contributed by atoms with Gasteiger partial charge in [0.25, 0.3) is 0 Å². The van der Waals surface area contributed by atoms with Crippen LogP contribution in [0.3, 0.4) is 0 Å². The molecule has 4 aliphatic heterocycles. The van der Waals surface area contributed by atoms with Gasteiger partial charge in [-0.25, -0.2) is 0 Å². The minimum atomic E-state index is -0.423. The predicted octanol–water partition coefficient (Wildman–Crippen LogP) is 1.82. The maximum atomic E-state index is 13.2. The quantitative estimate of drug-likeness (QED) is 0.603. The Labute approximate surface area is 172 Å². The Balaban J connectivity index is 1.47. The Kier molecular flexibility index (Phi) is 6.99. The number of amides is 1. The van der Waals surface area contributed by atoms with Crippen molar-refractivity contribution in [1.82, 2.24) is 10.6 Å². The third kappa shape index (κ3) is 4.59. The van der Waals surface area contributed by atoms with Crippen LogP contribution in [0.2, 0.25) is 0 Å². The number of ether oxygens (including phenoxy) is 2. The number of carbonyl (C=O) groups excluding carboxylic acids is 1. The van der Waals surface area contributed by atoms with Crippen LogP contribution in [0.5, 0.6) is 0 Å². The van der Waals surface area contributed by atoms with Gasteiger partial charge in [-0.1, -0.05) is 25.5 Å². The van der Waals surface area contributed by atoms with Crippen molar-refractivity contribution in [1.29, 1.82) is 0 Å². The standard InChI is InChI=1S/C21H34N2O4S/c1-13-6-3-5-11-28-21-15(24)8-9-16(27-21)17(13)23-20(25)18-19-14(12-22-18)7-2-4-10-26-19/h3,6,13-19,21-22,24H,2,4-5,7-12H2,1H3,(H,23,25)/b6-3-/t13?,14?,15?,16?,17-,18?,19?,21?/m1/s1. The third-order valence-electron chi connectivity index (χ3n) is 6.61. The maximum absolute atomic E-state index is 13.2. The van der Waals surface area contributed by atoms with Gasteiger partial charge in [0.05, 0.1) is 24.4 Å². The largest absolute Gasteiger partial charge is 0.390 e. The second-order valence-electron chi connectivity index (χ2n) is 8.65. The van der Waals surface area contributed by atoms with Gasteiger partial charge >= 0.3 is 0 Å². The molecule has 7 heteroatoms. The molecule has 0 aromatic carbocycles. The van der Waals surface area contributed by atoms with Crippen molar-refractivity contribution in [3.8, 4) is 0 Å². The molecule has 28 heavy (non-hydrogen) atoms. The van der Waals surface area contributed by atoms with Crippen molar-refractivity contribution >= 4 is 17.7 Å². The molecular weight excluding hydrogens is 376 g/mol. The van der Waals surface area contributed by atoms with Crippen molar-refractivity contribution < 1.29 is 19.4 Å². The third-order valence-corrected chi connectivity index (χ3v) is 7.83. The van der Waals surface area contributed by atoms with E-state index in [9.17, 15) is 9.90 Å². The summed E-state index contributed by atoms with van der Waals surface area (Å²) in [5.74, 6) is 1.58. The number of rotatable bonds is 2. The summed E-state index contributed by atoms with van der Waals surface area (Å²) in [5.41, 5.74) is -0.198. The molecule has 0 aromatic heterocycles. The van der Waals surface area contributed by atoms with Gasteiger partial charge in [0, 0.05) is 13.2 Å². The molecular formula is C21H34N2O4S. The molecule has 4 aliphatic rings. The molecule has 2 bridgehead atoms. The van der Waals surface area contributed by atoms with E-state index in [-0.39, 0.29) is 41.6 Å². The second-order valence-corrected chi connectivity index (χ2v) is 9.85. The van der Waals surface area contributed by atoms with E-state index in [1.165, 1.54) is 6.42 Å². The number of allylic oxidation sites excluding steroid dienone is 1. The molecule has 0 aromatic rings. The summed E-state index contributed by atoms with van der Waals surface area (Å²) in [7, 11) is 0. The zero-order chi connectivity index (χ0) is 19.5. The van der Waals surface area contributed by atoms with Crippen LogP contribution in [0.25, 0.3) is 0 Å². The topological polar surface area (TPSA) is 79.8 Å². The SMILES string of the molecule is CC1/C=C\CCSC2OC(CCC2O)[C@@H]1NC(=O)C1NCC2CCCCOC21. The molecule has 1 amide bonds. The Morgan fingerprint density at radius 1 is 1.29 bits per heavy atom. The first-order valence-corrected chi connectivity index (χ1v) is 12.0. The molecule has 0 aliphatic carbocycles. The molecule has 8 atom stereocenters. The highest BCUT2D eigenvalue weighted by Crippen LogP contribution is 2.33. The lowest BCUT2D eigenvalue weighted by molar-refractivity contribution is -0.131. The van der Waals surface area contributed by atoms with Crippen LogP contribution in [-0.2, 0) is 14.3 Å². The second kappa shape index (κ2) is 9.47. The van der Waals surface area contributed by atoms with Crippen molar-refractivity contribution in [3.63, 3.8) is 0 Å². The predicted molar refractivity (Wildman–Crippen MR) is 110 cm³/mol. The smallest absolute Gasteiger partial charge is 0.240 e. The Morgan fingerprint density at radius 3 is 3.07 bits per heavy atom. The average molecular weight is 411 g/mol. The summed E-state index contributed by atoms with van der Waals surface area (Å²) in [6, 6.07) is -0.377. The lowest BCUT2D eigenvalue weighted by Gasteiger charge is -2.40. The molecule has 4 rings (SSSR count). The molecule has 0 spiro atoms. The van der Waals surface area contributed by atoms with E-state index in [0.29, 0.717) is 5.92 Å². The van der Waals surface area contributed by atoms with Gasteiger partial charge in [0.15, 0.2) is 0 Å². The van der Waals surface area contributed by atoms with E-state index in [4.69, 9.17) is 9.47 Å². The number of fused-ring (bicyclic) bond motifs is 3. The first-order chi connectivity index (χ1) is 13.6. The summed E-state index contributed by atoms with van der Waals surface area (Å²) in [6.07, 6.45) is 9.72. The van der Waals surface area contributed by atoms with E-state index < -0.39 is 6.10 Å². The summed E-state index contributed by atoms with van der Waals surface area (Å²) in [6.45, 7) is 3.75. The lowest BCUT2D eigenvalue weighted by Crippen LogP contribution is -2.57. The highest BCUT2D eigenvalue weighted by atomic mass is 32.2. The molecule has 0 saturated carbocycles. The summed E-state index contributed by atoms with van der Waals surface area (Å²) in [4.78, 5) is 13.2. The highest BCUT2D eigenvalue weighted by molar-refractivity contribution is 7.99. The van der Waals surface area contributed by atoms with Crippen LogP contribution in [0.15, 0.2) is 12.2 Å². The monoisotopic (exact) mass is 410 g/mol. The van der Waals surface area contributed by atoms with Gasteiger partial charge < -0.3 is 25.2 Å². The Bertz CT molecular complexity index is 575. The fraction of sp³-hybridized carbons (Fsp3) is 0.857. The normalized spacial score (nSPS) is 45.5. The van der Waals surface area contributed by atoms with E-state index in [1.54, 1.807) is 11.8 Å². The van der Waals surface area contributed by atoms with Crippen molar-refractivity contribution in [3.05, 3.63) is 12.2 Å². The van der Waals surface area contributed by atoms with Crippen LogP contribution in [0.4, 0.5) is 0 Å². The molecule has 4 heterocycles. The molecule has 3 fully saturated rings. The Hall–Kier alpha value is -0.600. The van der Waals surface area contributed by atoms with Crippen LogP contribution in [0, 0.1) is 11.8 Å². The van der Waals surface area contributed by atoms with Gasteiger partial charge in [-0.05, 0) is 49.7 Å². The number of thioether (sulfide) groups is 1. The zero-order valence-electron chi connectivity index (χ0n) is 16.7. The van der Waals surface area contributed by atoms with Gasteiger partial charge in [-0.3, -0.25) is 4.79 Å². The average Bonchev–Trinajstić information content (AvgIpc) is 2.95. The lowest BCUT2D eigenvalue weighted by atomic mass is 9.90. The van der Waals surface area contributed by atoms with Crippen LogP contribution < -0.4 is 10.6 Å². The minimum Gasteiger partial charge on any atom is -0.390 e. The molecule has 6 nitrogen and oxygen atoms in total. The number of aliphatic hydroxyl groups is 1. The van der Waals surface area contributed by atoms with E-state index in [0.717, 1.165) is 51.0 Å². The van der Waals surface area contributed by atoms with Gasteiger partial charge in [0.2, 0.25) is 5.91 Å². The van der Waals surface area contributed by atoms with E-state index in [1.807, 2.05) is 0 Å². The fourth-order valence-corrected chi connectivity index (χ4v) is 6.05. The maximum Gasteiger partial charge on any atom is 0.240 e. The number of aliphatic hydroxyl groups excluding tert-OH is 1. The van der Waals surface area contributed by atoms with E-state index >= 15 is 0 Å². The fourth-order valence-electron chi connectivity index (χ4n) is 4.97. The van der Waals surface area contributed by atoms with Gasteiger partial charge in [0.1, 0.15) is 11.5 Å². The van der Waals surface area contributed by atoms with Crippen molar-refractivity contribution in [2.24, 2.45) is 11.8 Å². The zero-order valence-corrected chi connectivity index (χ0v) is 17.5. The molecule has 0 radical (unpaired) electrons. The van der Waals surface area contributed by atoms with Crippen LogP contribution in [0.1, 0.15) is 45.4 Å². The summed E-state index contributed by atoms with van der Waals surface area (Å²) >= 11 is 1.68. The highest BCUT2D eigenvalue weighted by Gasteiger charge is 2.43. The van der Waals surface area contributed by atoms with E-state index in [2.05, 4.69) is 29.7 Å². The van der Waals surface area contributed by atoms with Crippen LogP contribution in [-0.4, -0.2) is 65.7 Å². The van der Waals surface area contributed by atoms with Crippen molar-refractivity contribution in [2.45, 2.75) is 81.3 Å². The summed E-state index contributed by atoms with van der Waals surface area (Å²) in [5, 5.41) is 17.0. The minimum absolute atomic E-state index is 0.0229. The van der Waals surface area contributed by atoms with Crippen molar-refractivity contribution in [2.75, 3.05) is 18.9 Å². The first-order valence-electron chi connectivity index (χ1n) is 10.9. The molecule has 7 unspecified atom stereocenters. The number of carbonyl (C=O) groups is 1. The Morgan fingerprint density at radius 2 is 2.18 bits per heavy atom. The summed E-state index contributed by atoms with van der Waals surface area (Å²) < 4.78 is 12.3. The number of nitrogens with one attached hydrogen (secondary N) is 2. The number of hydrogen-bond donors (Lipinski definition) is 3. The first kappa shape index (κ1) is 20.7. The van der Waals surface area contributed by atoms with Gasteiger partial charge in [-0.15, -0.1) is 11.8 Å². The van der Waals surface area contributed by atoms with Gasteiger partial charge in [-0.2, -0.15) is 0 Å². The molecule has 3 saturated heterocycles.